The number of piperazine rings is 1. The highest BCUT2D eigenvalue weighted by Crippen LogP contribution is 2.37. The van der Waals surface area contributed by atoms with Crippen LogP contribution >= 0.6 is 27.3 Å². The van der Waals surface area contributed by atoms with Crippen LogP contribution in [0.2, 0.25) is 0 Å². The Kier molecular flexibility index (Phi) is 7.09. The molecule has 5 rings (SSSR count). The quantitative estimate of drug-likeness (QED) is 0.451. The number of amides is 2. The minimum atomic E-state index is -0.0306. The zero-order valence-corrected chi connectivity index (χ0v) is 22.5. The summed E-state index contributed by atoms with van der Waals surface area (Å²) in [6, 6.07) is 18.5. The molecule has 2 amide bonds. The molecule has 1 fully saturated rings. The van der Waals surface area contributed by atoms with Gasteiger partial charge in [-0.2, -0.15) is 0 Å². The van der Waals surface area contributed by atoms with Crippen LogP contribution in [-0.2, 0) is 11.2 Å². The van der Waals surface area contributed by atoms with Gasteiger partial charge >= 0.3 is 0 Å². The number of rotatable bonds is 4. The van der Waals surface area contributed by atoms with Gasteiger partial charge in [0.05, 0.1) is 12.6 Å². The third kappa shape index (κ3) is 5.08. The smallest absolute Gasteiger partial charge is 0.254 e. The second kappa shape index (κ2) is 10.2. The van der Waals surface area contributed by atoms with Crippen molar-refractivity contribution >= 4 is 39.1 Å². The van der Waals surface area contributed by atoms with Crippen molar-refractivity contribution in [3.63, 3.8) is 0 Å². The predicted molar refractivity (Wildman–Crippen MR) is 144 cm³/mol. The molecule has 0 aliphatic carbocycles. The van der Waals surface area contributed by atoms with Crippen LogP contribution in [0.3, 0.4) is 0 Å². The van der Waals surface area contributed by atoms with E-state index in [2.05, 4.69) is 63.5 Å². The maximum Gasteiger partial charge on any atom is 0.254 e. The van der Waals surface area contributed by atoms with Crippen LogP contribution in [0.5, 0.6) is 0 Å². The number of hydrogen-bond acceptors (Lipinski definition) is 4. The molecule has 1 saturated heterocycles. The second-order valence-corrected chi connectivity index (χ2v) is 11.4. The van der Waals surface area contributed by atoms with E-state index in [1.54, 1.807) is 0 Å². The van der Waals surface area contributed by atoms with E-state index in [0.29, 0.717) is 31.7 Å². The fraction of sp³-hybridized carbons (Fsp3) is 0.357. The lowest BCUT2D eigenvalue weighted by Crippen LogP contribution is -2.57. The van der Waals surface area contributed by atoms with E-state index in [4.69, 9.17) is 0 Å². The number of thiophene rings is 1. The van der Waals surface area contributed by atoms with Gasteiger partial charge in [0.15, 0.2) is 0 Å². The summed E-state index contributed by atoms with van der Waals surface area (Å²) in [5.41, 5.74) is 4.48. The summed E-state index contributed by atoms with van der Waals surface area (Å²) in [5.74, 6) is 0.161. The summed E-state index contributed by atoms with van der Waals surface area (Å²) in [4.78, 5) is 34.1. The maximum absolute atomic E-state index is 13.5. The summed E-state index contributed by atoms with van der Waals surface area (Å²) < 4.78 is 0.892. The monoisotopic (exact) mass is 551 g/mol. The van der Waals surface area contributed by atoms with E-state index < -0.39 is 0 Å². The van der Waals surface area contributed by atoms with Crippen LogP contribution < -0.4 is 0 Å². The van der Waals surface area contributed by atoms with Gasteiger partial charge in [-0.1, -0.05) is 51.8 Å². The van der Waals surface area contributed by atoms with Gasteiger partial charge in [0, 0.05) is 47.1 Å². The third-order valence-electron chi connectivity index (χ3n) is 7.11. The Morgan fingerprint density at radius 3 is 2.60 bits per heavy atom. The zero-order chi connectivity index (χ0) is 24.5. The van der Waals surface area contributed by atoms with Gasteiger partial charge in [-0.25, -0.2) is 0 Å². The molecular weight excluding hydrogens is 522 g/mol. The lowest BCUT2D eigenvalue weighted by Gasteiger charge is -2.42. The normalized spacial score (nSPS) is 20.5. The third-order valence-corrected chi connectivity index (χ3v) is 8.60. The van der Waals surface area contributed by atoms with E-state index in [1.807, 2.05) is 52.3 Å². The molecule has 0 radical (unpaired) electrons. The molecule has 2 aliphatic heterocycles. The van der Waals surface area contributed by atoms with Gasteiger partial charge < -0.3 is 9.80 Å². The highest BCUT2D eigenvalue weighted by molar-refractivity contribution is 9.10. The van der Waals surface area contributed by atoms with Gasteiger partial charge in [-0.3, -0.25) is 14.5 Å². The van der Waals surface area contributed by atoms with Crippen molar-refractivity contribution in [2.45, 2.75) is 32.4 Å². The van der Waals surface area contributed by atoms with Crippen LogP contribution in [0.4, 0.5) is 0 Å². The number of hydrogen-bond donors (Lipinski definition) is 0. The van der Waals surface area contributed by atoms with Crippen LogP contribution in [0.15, 0.2) is 64.5 Å². The molecule has 182 valence electrons. The molecule has 0 bridgehead atoms. The number of benzene rings is 2. The average Bonchev–Trinajstić information content (AvgIpc) is 3.33. The van der Waals surface area contributed by atoms with Crippen molar-refractivity contribution in [3.8, 4) is 0 Å². The maximum atomic E-state index is 13.5. The fourth-order valence-corrected chi connectivity index (χ4v) is 6.53. The minimum absolute atomic E-state index is 0.0198. The van der Waals surface area contributed by atoms with Crippen molar-refractivity contribution in [1.82, 2.24) is 14.7 Å². The van der Waals surface area contributed by atoms with Crippen molar-refractivity contribution in [3.05, 3.63) is 91.6 Å². The molecule has 0 unspecified atom stereocenters. The number of carbonyl (C=O) groups excluding carboxylic acids is 2. The molecule has 0 N–H and O–H groups in total. The highest BCUT2D eigenvalue weighted by atomic mass is 79.9. The van der Waals surface area contributed by atoms with Crippen molar-refractivity contribution in [1.29, 1.82) is 0 Å². The lowest BCUT2D eigenvalue weighted by atomic mass is 9.92. The van der Waals surface area contributed by atoms with E-state index in [9.17, 15) is 9.59 Å². The summed E-state index contributed by atoms with van der Waals surface area (Å²) >= 11 is 5.27. The van der Waals surface area contributed by atoms with E-state index >= 15 is 0 Å². The molecule has 3 aromatic rings. The van der Waals surface area contributed by atoms with E-state index in [-0.39, 0.29) is 23.9 Å². The van der Waals surface area contributed by atoms with Crippen molar-refractivity contribution in [2.75, 3.05) is 32.7 Å². The number of fused-ring (bicyclic) bond motifs is 1. The summed E-state index contributed by atoms with van der Waals surface area (Å²) in [7, 11) is 0. The SMILES string of the molecule is Cc1ccc([C@@H]2c3ccsc3CCN2CC(=O)N2CCN(C(=O)c3cccc(Br)c3)[C@H](C)C2)cc1. The van der Waals surface area contributed by atoms with Gasteiger partial charge in [-0.05, 0) is 61.0 Å². The second-order valence-electron chi connectivity index (χ2n) is 9.53. The van der Waals surface area contributed by atoms with Gasteiger partial charge in [0.2, 0.25) is 5.91 Å². The predicted octanol–water partition coefficient (Wildman–Crippen LogP) is 5.14. The van der Waals surface area contributed by atoms with E-state index in [1.165, 1.54) is 21.6 Å². The molecule has 1 aromatic heterocycles. The summed E-state index contributed by atoms with van der Waals surface area (Å²) in [5, 5.41) is 2.17. The van der Waals surface area contributed by atoms with Crippen LogP contribution in [0, 0.1) is 6.92 Å². The molecule has 2 atom stereocenters. The molecule has 35 heavy (non-hydrogen) atoms. The van der Waals surface area contributed by atoms with Crippen LogP contribution in [0.1, 0.15) is 44.9 Å². The molecule has 3 heterocycles. The largest absolute Gasteiger partial charge is 0.338 e. The number of aryl methyl sites for hydroxylation is 1. The Morgan fingerprint density at radius 2 is 1.86 bits per heavy atom. The molecule has 0 spiro atoms. The molecule has 5 nitrogen and oxygen atoms in total. The van der Waals surface area contributed by atoms with Gasteiger partial charge in [0.1, 0.15) is 0 Å². The Hall–Kier alpha value is -2.48. The Morgan fingerprint density at radius 1 is 1.06 bits per heavy atom. The molecule has 2 aromatic carbocycles. The first-order valence-electron chi connectivity index (χ1n) is 12.1. The Labute approximate surface area is 219 Å². The number of halogens is 1. The summed E-state index contributed by atoms with van der Waals surface area (Å²) in [6.07, 6.45) is 0.980. The first-order valence-corrected chi connectivity index (χ1v) is 13.8. The molecule has 7 heteroatoms. The zero-order valence-electron chi connectivity index (χ0n) is 20.1. The van der Waals surface area contributed by atoms with Gasteiger partial charge in [0.25, 0.3) is 5.91 Å². The summed E-state index contributed by atoms with van der Waals surface area (Å²) in [6.45, 7) is 7.07. The molecule has 0 saturated carbocycles. The topological polar surface area (TPSA) is 43.9 Å². The fourth-order valence-electron chi connectivity index (χ4n) is 5.22. The average molecular weight is 553 g/mol. The van der Waals surface area contributed by atoms with Crippen LogP contribution in [-0.4, -0.2) is 65.3 Å². The minimum Gasteiger partial charge on any atom is -0.338 e. The highest BCUT2D eigenvalue weighted by Gasteiger charge is 2.34. The number of carbonyl (C=O) groups is 2. The van der Waals surface area contributed by atoms with Crippen LogP contribution in [0.25, 0.3) is 0 Å². The Bertz CT molecular complexity index is 1220. The Balaban J connectivity index is 1.28. The van der Waals surface area contributed by atoms with Crippen molar-refractivity contribution < 1.29 is 9.59 Å². The van der Waals surface area contributed by atoms with E-state index in [0.717, 1.165) is 17.4 Å². The standard InChI is InChI=1S/C28H30BrN3O2S/c1-19-6-8-21(9-7-19)27-24-11-15-35-25(24)10-12-31(27)18-26(33)30-13-14-32(20(2)17-30)28(34)22-4-3-5-23(29)16-22/h3-9,11,15-16,20,27H,10,12-14,17-18H2,1-2H3/t20-,27-/m1/s1. The first kappa shape index (κ1) is 24.2. The first-order chi connectivity index (χ1) is 16.9. The molecule has 2 aliphatic rings. The van der Waals surface area contributed by atoms with Crippen molar-refractivity contribution in [2.24, 2.45) is 0 Å². The molecular formula is C28H30BrN3O2S. The van der Waals surface area contributed by atoms with Gasteiger partial charge in [-0.15, -0.1) is 11.3 Å². The lowest BCUT2D eigenvalue weighted by molar-refractivity contribution is -0.135. The number of nitrogens with zero attached hydrogens (tertiary/aromatic N) is 3.